The van der Waals surface area contributed by atoms with Crippen molar-refractivity contribution >= 4 is 0 Å². The molecule has 0 spiro atoms. The van der Waals surface area contributed by atoms with Crippen LogP contribution in [0.25, 0.3) is 0 Å². The Labute approximate surface area is 153 Å². The molecule has 25 heavy (non-hydrogen) atoms. The molecule has 0 saturated heterocycles. The Morgan fingerprint density at radius 1 is 0.560 bits per heavy atom. The lowest BCUT2D eigenvalue weighted by atomic mass is 10.1. The summed E-state index contributed by atoms with van der Waals surface area (Å²) in [6, 6.07) is 10.2. The average Bonchev–Trinajstić information content (AvgIpc) is 2.65. The Hall–Kier alpha value is -0.940. The monoisotopic (exact) mass is 352 g/mol. The number of hydrogen-bond donors (Lipinski definition) is 0. The van der Waals surface area contributed by atoms with Gasteiger partial charge in [0.1, 0.15) is 0 Å². The Bertz CT molecular complexity index is 369. The highest BCUT2D eigenvalue weighted by Crippen LogP contribution is 2.04. The third-order valence-corrected chi connectivity index (χ3v) is 3.87. The lowest BCUT2D eigenvalue weighted by Gasteiger charge is -2.07. The summed E-state index contributed by atoms with van der Waals surface area (Å²) in [5.41, 5.74) is 1.19. The van der Waals surface area contributed by atoms with Crippen LogP contribution in [0.15, 0.2) is 30.3 Å². The molecule has 0 atom stereocenters. The van der Waals surface area contributed by atoms with Gasteiger partial charge in [-0.15, -0.1) is 0 Å². The van der Waals surface area contributed by atoms with Gasteiger partial charge in [0, 0.05) is 6.61 Å². The summed E-state index contributed by atoms with van der Waals surface area (Å²) in [5, 5.41) is 0. The lowest BCUT2D eigenvalue weighted by molar-refractivity contribution is -0.00440. The minimum absolute atomic E-state index is 0.602. The summed E-state index contributed by atoms with van der Waals surface area (Å²) in [6.45, 7) is 7.47. The summed E-state index contributed by atoms with van der Waals surface area (Å²) in [6.07, 6.45) is 7.79. The van der Waals surface area contributed by atoms with Gasteiger partial charge in [0.25, 0.3) is 0 Å². The molecule has 0 heterocycles. The van der Waals surface area contributed by atoms with Crippen molar-refractivity contribution in [3.63, 3.8) is 0 Å². The maximum atomic E-state index is 5.56. The molecule has 0 radical (unpaired) electrons. The number of hydrogen-bond acceptors (Lipinski definition) is 4. The van der Waals surface area contributed by atoms with Gasteiger partial charge in [-0.3, -0.25) is 0 Å². The van der Waals surface area contributed by atoms with Crippen LogP contribution in [0.2, 0.25) is 0 Å². The second-order valence-electron chi connectivity index (χ2n) is 6.14. The van der Waals surface area contributed by atoms with E-state index in [9.17, 15) is 0 Å². The van der Waals surface area contributed by atoms with Crippen LogP contribution >= 0.6 is 0 Å². The molecule has 0 aliphatic heterocycles. The minimum Gasteiger partial charge on any atom is -0.379 e. The Morgan fingerprint density at radius 2 is 1.08 bits per heavy atom. The molecule has 0 unspecified atom stereocenters. The molecular formula is C21H36O4. The Balaban J connectivity index is 1.69. The minimum atomic E-state index is 0.602. The van der Waals surface area contributed by atoms with Crippen molar-refractivity contribution in [3.8, 4) is 0 Å². The largest absolute Gasteiger partial charge is 0.379 e. The zero-order chi connectivity index (χ0) is 17.8. The van der Waals surface area contributed by atoms with Gasteiger partial charge in [0.05, 0.1) is 46.2 Å². The van der Waals surface area contributed by atoms with E-state index in [2.05, 4.69) is 19.1 Å². The zero-order valence-electron chi connectivity index (χ0n) is 15.9. The molecular weight excluding hydrogens is 316 g/mol. The molecule has 4 heteroatoms. The number of unbranched alkanes of at least 4 members (excludes halogenated alkanes) is 5. The normalized spacial score (nSPS) is 11.1. The maximum Gasteiger partial charge on any atom is 0.0718 e. The van der Waals surface area contributed by atoms with Crippen molar-refractivity contribution in [3.05, 3.63) is 35.9 Å². The van der Waals surface area contributed by atoms with E-state index in [0.717, 1.165) is 13.0 Å². The van der Waals surface area contributed by atoms with Gasteiger partial charge in [-0.05, 0) is 12.0 Å². The first-order valence-corrected chi connectivity index (χ1v) is 9.78. The second-order valence-corrected chi connectivity index (χ2v) is 6.14. The van der Waals surface area contributed by atoms with E-state index in [1.54, 1.807) is 0 Å². The maximum absolute atomic E-state index is 5.56. The van der Waals surface area contributed by atoms with Crippen LogP contribution in [0.3, 0.4) is 0 Å². The highest BCUT2D eigenvalue weighted by Gasteiger charge is 1.94. The molecule has 0 aliphatic rings. The summed E-state index contributed by atoms with van der Waals surface area (Å²) in [7, 11) is 0. The van der Waals surface area contributed by atoms with Gasteiger partial charge in [0.15, 0.2) is 0 Å². The van der Waals surface area contributed by atoms with Gasteiger partial charge in [0.2, 0.25) is 0 Å². The topological polar surface area (TPSA) is 36.9 Å². The molecule has 4 nitrogen and oxygen atoms in total. The van der Waals surface area contributed by atoms with Crippen molar-refractivity contribution in [2.24, 2.45) is 0 Å². The van der Waals surface area contributed by atoms with Crippen molar-refractivity contribution < 1.29 is 18.9 Å². The Morgan fingerprint density at radius 3 is 1.72 bits per heavy atom. The van der Waals surface area contributed by atoms with Crippen molar-refractivity contribution in [1.29, 1.82) is 0 Å². The molecule has 0 aromatic heterocycles. The molecule has 144 valence electrons. The number of rotatable bonds is 18. The third-order valence-electron chi connectivity index (χ3n) is 3.87. The van der Waals surface area contributed by atoms with E-state index in [1.807, 2.05) is 18.2 Å². The van der Waals surface area contributed by atoms with Crippen LogP contribution in [-0.2, 0) is 25.6 Å². The van der Waals surface area contributed by atoms with Crippen molar-refractivity contribution in [2.45, 2.75) is 52.1 Å². The Kier molecular flexibility index (Phi) is 15.8. The van der Waals surface area contributed by atoms with Crippen LogP contribution in [0.1, 0.15) is 51.0 Å². The van der Waals surface area contributed by atoms with Crippen LogP contribution < -0.4 is 0 Å². The fraction of sp³-hybridized carbons (Fsp3) is 0.714. The zero-order valence-corrected chi connectivity index (χ0v) is 15.9. The SMILES string of the molecule is CCCCCCCCOCCOCCOCCOCc1ccccc1. The van der Waals surface area contributed by atoms with Crippen molar-refractivity contribution in [2.75, 3.05) is 46.2 Å². The third kappa shape index (κ3) is 15.1. The average molecular weight is 353 g/mol. The van der Waals surface area contributed by atoms with E-state index >= 15 is 0 Å². The summed E-state index contributed by atoms with van der Waals surface area (Å²) in [4.78, 5) is 0. The van der Waals surface area contributed by atoms with Crippen LogP contribution in [-0.4, -0.2) is 46.2 Å². The summed E-state index contributed by atoms with van der Waals surface area (Å²) in [5.74, 6) is 0. The van der Waals surface area contributed by atoms with Crippen LogP contribution in [0.5, 0.6) is 0 Å². The molecule has 0 amide bonds. The predicted octanol–water partition coefficient (Wildman–Crippen LogP) is 4.61. The van der Waals surface area contributed by atoms with Gasteiger partial charge in [-0.25, -0.2) is 0 Å². The van der Waals surface area contributed by atoms with Crippen LogP contribution in [0, 0.1) is 0 Å². The number of benzene rings is 1. The van der Waals surface area contributed by atoms with E-state index in [1.165, 1.54) is 37.7 Å². The van der Waals surface area contributed by atoms with E-state index in [4.69, 9.17) is 18.9 Å². The predicted molar refractivity (Wildman–Crippen MR) is 102 cm³/mol. The van der Waals surface area contributed by atoms with Gasteiger partial charge >= 0.3 is 0 Å². The molecule has 1 rings (SSSR count). The second kappa shape index (κ2) is 17.9. The summed E-state index contributed by atoms with van der Waals surface area (Å²) >= 11 is 0. The highest BCUT2D eigenvalue weighted by molar-refractivity contribution is 5.13. The number of ether oxygens (including phenoxy) is 4. The molecule has 0 aliphatic carbocycles. The fourth-order valence-corrected chi connectivity index (χ4v) is 2.41. The molecule has 0 bridgehead atoms. The van der Waals surface area contributed by atoms with Gasteiger partial charge < -0.3 is 18.9 Å². The molecule has 0 saturated carbocycles. The van der Waals surface area contributed by atoms with Crippen molar-refractivity contribution in [1.82, 2.24) is 0 Å². The first-order chi connectivity index (χ1) is 12.4. The smallest absolute Gasteiger partial charge is 0.0718 e. The quantitative estimate of drug-likeness (QED) is 0.361. The molecule has 1 aromatic carbocycles. The molecule has 0 N–H and O–H groups in total. The first kappa shape index (κ1) is 22.1. The van der Waals surface area contributed by atoms with Crippen LogP contribution in [0.4, 0.5) is 0 Å². The molecule has 1 aromatic rings. The standard InChI is InChI=1S/C21H36O4/c1-2-3-4-5-6-10-13-22-14-15-23-16-17-24-18-19-25-20-21-11-8-7-9-12-21/h7-9,11-12H,2-6,10,13-20H2,1H3. The van der Waals surface area contributed by atoms with Gasteiger partial charge in [-0.2, -0.15) is 0 Å². The first-order valence-electron chi connectivity index (χ1n) is 9.78. The van der Waals surface area contributed by atoms with E-state index in [0.29, 0.717) is 46.2 Å². The molecule has 0 fully saturated rings. The van der Waals surface area contributed by atoms with E-state index in [-0.39, 0.29) is 0 Å². The van der Waals surface area contributed by atoms with Gasteiger partial charge in [-0.1, -0.05) is 69.4 Å². The summed E-state index contributed by atoms with van der Waals surface area (Å²) < 4.78 is 22.1. The lowest BCUT2D eigenvalue weighted by Crippen LogP contribution is -2.12. The van der Waals surface area contributed by atoms with E-state index < -0.39 is 0 Å². The fourth-order valence-electron chi connectivity index (χ4n) is 2.41. The highest BCUT2D eigenvalue weighted by atomic mass is 16.6.